The normalized spacial score (nSPS) is 15.3. The number of rotatable bonds is 4. The smallest absolute Gasteiger partial charge is 0.211 e. The van der Waals surface area contributed by atoms with Crippen LogP contribution in [0.1, 0.15) is 104 Å². The molecule has 1 radical (unpaired) electrons. The Balaban J connectivity index is 1.13. The van der Waals surface area contributed by atoms with E-state index in [-0.39, 0.29) is 21.7 Å². The molecular weight excluding hydrogens is 912 g/mol. The molecule has 0 bridgehead atoms. The van der Waals surface area contributed by atoms with Crippen molar-refractivity contribution < 1.29 is 4.42 Å². The van der Waals surface area contributed by atoms with Gasteiger partial charge < -0.3 is 14.3 Å². The summed E-state index contributed by atoms with van der Waals surface area (Å²) in [5, 5.41) is 12.7. The minimum Gasteiger partial charge on any atom is -0.455 e. The molecule has 2 aliphatic rings. The predicted octanol–water partition coefficient (Wildman–Crippen LogP) is 18.3. The molecule has 0 saturated carbocycles. The summed E-state index contributed by atoms with van der Waals surface area (Å²) >= 11 is 3.84. The molecule has 0 atom stereocenters. The molecule has 0 spiro atoms. The van der Waals surface area contributed by atoms with Crippen LogP contribution < -0.4 is 15.6 Å². The highest BCUT2D eigenvalue weighted by atomic mass is 32.1. The molecular formula is C66H58BN2OS2. The van der Waals surface area contributed by atoms with Gasteiger partial charge in [0.15, 0.2) is 0 Å². The standard InChI is InChI=1S/C66H58BN2OS2/c1-63(2,3)38-21-24-40(25-22-38)68-49-33-43-42-32-47-48(66(9,10)29-28-65(47,7)8)35-54(42)71-53(43)34-44(49)55-56-41-18-14-15-19-51(41)70-61(56)57-45-31-39(64(4,5)6)23-26-50(45)69-59-46-30-37(36-16-12-11-13-17-36)20-27-52(46)72-62(59)67-58(55)60(57)69/h11-27,30-35,68H,28-29H2,1-10H3. The van der Waals surface area contributed by atoms with Gasteiger partial charge in [-0.25, -0.2) is 0 Å². The zero-order valence-electron chi connectivity index (χ0n) is 42.9. The summed E-state index contributed by atoms with van der Waals surface area (Å²) in [6.07, 6.45) is 2.37. The molecule has 4 aromatic heterocycles. The molecule has 0 saturated heterocycles. The minimum absolute atomic E-state index is 0.0438. The molecule has 6 heteroatoms. The number of benzene rings is 8. The number of anilines is 2. The third-order valence-electron chi connectivity index (χ3n) is 16.6. The summed E-state index contributed by atoms with van der Waals surface area (Å²) in [4.78, 5) is 0. The van der Waals surface area contributed by atoms with E-state index in [1.54, 1.807) is 0 Å². The SMILES string of the molecule is CC(C)(C)c1ccc(Nc2cc3c(cc2-c2c4c5c(c6cc(C(C)(C)C)ccc6n5-c5c(sc6ccc(-c7ccccc7)cc56)[B]4)c4oc5ccccc5c24)sc2cc4c(cc23)C(C)(C)CCC4(C)C)cc1. The van der Waals surface area contributed by atoms with E-state index in [4.69, 9.17) is 4.42 Å². The lowest BCUT2D eigenvalue weighted by molar-refractivity contribution is 0.332. The Labute approximate surface area is 430 Å². The van der Waals surface area contributed by atoms with Crippen LogP contribution in [0, 0.1) is 0 Å². The lowest BCUT2D eigenvalue weighted by Gasteiger charge is -2.41. The van der Waals surface area contributed by atoms with Crippen molar-refractivity contribution in [2.24, 2.45) is 0 Å². The third kappa shape index (κ3) is 6.47. The van der Waals surface area contributed by atoms with Gasteiger partial charge in [-0.2, -0.15) is 0 Å². The predicted molar refractivity (Wildman–Crippen MR) is 315 cm³/mol. The van der Waals surface area contributed by atoms with Crippen LogP contribution in [-0.2, 0) is 21.7 Å². The molecule has 72 heavy (non-hydrogen) atoms. The van der Waals surface area contributed by atoms with Gasteiger partial charge in [0.2, 0.25) is 7.28 Å². The number of thiophene rings is 2. The maximum Gasteiger partial charge on any atom is 0.211 e. The molecule has 12 aromatic rings. The summed E-state index contributed by atoms with van der Waals surface area (Å²) in [7, 11) is 2.53. The van der Waals surface area contributed by atoms with Crippen LogP contribution in [-0.4, -0.2) is 11.8 Å². The fourth-order valence-corrected chi connectivity index (χ4v) is 14.7. The van der Waals surface area contributed by atoms with Crippen molar-refractivity contribution >= 4 is 126 Å². The molecule has 0 amide bonds. The van der Waals surface area contributed by atoms with Crippen LogP contribution in [0.4, 0.5) is 11.4 Å². The van der Waals surface area contributed by atoms with E-state index in [9.17, 15) is 0 Å². The largest absolute Gasteiger partial charge is 0.455 e. The average molecular weight is 970 g/mol. The first kappa shape index (κ1) is 44.1. The molecule has 353 valence electrons. The third-order valence-corrected chi connectivity index (χ3v) is 18.8. The van der Waals surface area contributed by atoms with Crippen molar-refractivity contribution in [2.75, 3.05) is 5.32 Å². The Hall–Kier alpha value is -6.60. The molecule has 1 N–H and O–H groups in total. The summed E-state index contributed by atoms with van der Waals surface area (Å²) in [5.74, 6) is 0. The zero-order chi connectivity index (χ0) is 49.4. The van der Waals surface area contributed by atoms with Crippen LogP contribution in [0.25, 0.3) is 102 Å². The van der Waals surface area contributed by atoms with E-state index in [0.717, 1.165) is 33.3 Å². The van der Waals surface area contributed by atoms with Gasteiger partial charge >= 0.3 is 0 Å². The summed E-state index contributed by atoms with van der Waals surface area (Å²) < 4.78 is 15.1. The first-order valence-corrected chi connectivity index (χ1v) is 27.4. The average Bonchev–Trinajstić information content (AvgIpc) is 4.11. The summed E-state index contributed by atoms with van der Waals surface area (Å²) in [6, 6.07) is 53.0. The van der Waals surface area contributed by atoms with Crippen LogP contribution in [0.2, 0.25) is 0 Å². The van der Waals surface area contributed by atoms with E-state index < -0.39 is 0 Å². The number of nitrogens with one attached hydrogen (secondary N) is 1. The number of fused-ring (bicyclic) bond motifs is 15. The highest BCUT2D eigenvalue weighted by Crippen LogP contribution is 2.53. The number of furan rings is 1. The fourth-order valence-electron chi connectivity index (χ4n) is 12.4. The lowest BCUT2D eigenvalue weighted by Crippen LogP contribution is -2.35. The molecule has 8 aromatic carbocycles. The number of aromatic nitrogens is 1. The number of hydrogen-bond donors (Lipinski definition) is 1. The summed E-state index contributed by atoms with van der Waals surface area (Å²) in [5.41, 5.74) is 19.5. The molecule has 0 fully saturated rings. The second kappa shape index (κ2) is 15.0. The van der Waals surface area contributed by atoms with E-state index in [1.165, 1.54) is 125 Å². The Kier molecular flexibility index (Phi) is 9.19. The monoisotopic (exact) mass is 969 g/mol. The van der Waals surface area contributed by atoms with E-state index in [2.05, 4.69) is 226 Å². The Morgan fingerprint density at radius 3 is 2.00 bits per heavy atom. The quantitative estimate of drug-likeness (QED) is 0.178. The van der Waals surface area contributed by atoms with Gasteiger partial charge in [0.25, 0.3) is 0 Å². The second-order valence-electron chi connectivity index (χ2n) is 24.3. The number of para-hydroxylation sites is 1. The van der Waals surface area contributed by atoms with Gasteiger partial charge in [-0.05, 0) is 150 Å². The lowest BCUT2D eigenvalue weighted by atomic mass is 9.62. The van der Waals surface area contributed by atoms with Gasteiger partial charge in [-0.3, -0.25) is 0 Å². The number of nitrogens with zero attached hydrogens (tertiary/aromatic N) is 1. The van der Waals surface area contributed by atoms with Gasteiger partial charge in [0, 0.05) is 63.4 Å². The Morgan fingerprint density at radius 2 is 1.25 bits per heavy atom. The van der Waals surface area contributed by atoms with Crippen LogP contribution >= 0.6 is 22.7 Å². The van der Waals surface area contributed by atoms with Crippen molar-refractivity contribution in [3.63, 3.8) is 0 Å². The maximum absolute atomic E-state index is 7.32. The first-order chi connectivity index (χ1) is 34.4. The van der Waals surface area contributed by atoms with Crippen LogP contribution in [0.15, 0.2) is 144 Å². The van der Waals surface area contributed by atoms with E-state index >= 15 is 0 Å². The molecule has 3 nitrogen and oxygen atoms in total. The van der Waals surface area contributed by atoms with Gasteiger partial charge in [-0.15, -0.1) is 22.7 Å². The van der Waals surface area contributed by atoms with Crippen molar-refractivity contribution in [1.82, 2.24) is 4.57 Å². The van der Waals surface area contributed by atoms with Crippen molar-refractivity contribution in [1.29, 1.82) is 0 Å². The molecule has 1 aliphatic heterocycles. The van der Waals surface area contributed by atoms with Crippen molar-refractivity contribution in [3.8, 4) is 27.9 Å². The Morgan fingerprint density at radius 1 is 0.569 bits per heavy atom. The Bertz CT molecular complexity index is 4280. The van der Waals surface area contributed by atoms with Crippen molar-refractivity contribution in [3.05, 3.63) is 162 Å². The van der Waals surface area contributed by atoms with Crippen LogP contribution in [0.5, 0.6) is 0 Å². The topological polar surface area (TPSA) is 30.1 Å². The zero-order valence-corrected chi connectivity index (χ0v) is 44.6. The first-order valence-electron chi connectivity index (χ1n) is 25.8. The molecule has 5 heterocycles. The molecule has 14 rings (SSSR count). The van der Waals surface area contributed by atoms with Gasteiger partial charge in [0.1, 0.15) is 11.2 Å². The van der Waals surface area contributed by atoms with Crippen molar-refractivity contribution in [2.45, 2.75) is 104 Å². The van der Waals surface area contributed by atoms with Gasteiger partial charge in [0.05, 0.1) is 22.1 Å². The highest BCUT2D eigenvalue weighted by Gasteiger charge is 2.38. The number of hydrogen-bond acceptors (Lipinski definition) is 4. The van der Waals surface area contributed by atoms with Crippen LogP contribution in [0.3, 0.4) is 0 Å². The van der Waals surface area contributed by atoms with E-state index in [1.807, 2.05) is 22.7 Å². The molecule has 0 unspecified atom stereocenters. The fraction of sp³-hybridized carbons (Fsp3) is 0.242. The second-order valence-corrected chi connectivity index (χ2v) is 26.4. The minimum atomic E-state index is -0.0500. The van der Waals surface area contributed by atoms with E-state index in [0.29, 0.717) is 0 Å². The van der Waals surface area contributed by atoms with Gasteiger partial charge in [-0.1, -0.05) is 142 Å². The molecule has 1 aliphatic carbocycles. The highest BCUT2D eigenvalue weighted by molar-refractivity contribution is 7.29. The maximum atomic E-state index is 7.32. The summed E-state index contributed by atoms with van der Waals surface area (Å²) in [6.45, 7) is 23.6.